The molecule has 0 aliphatic heterocycles. The lowest BCUT2D eigenvalue weighted by Gasteiger charge is -2.07. The highest BCUT2D eigenvalue weighted by Gasteiger charge is 2.18. The van der Waals surface area contributed by atoms with Crippen LogP contribution >= 0.6 is 11.8 Å². The number of nitrogens with two attached hydrogens (primary N) is 1. The quantitative estimate of drug-likeness (QED) is 0.684. The van der Waals surface area contributed by atoms with Crippen molar-refractivity contribution in [3.8, 4) is 11.8 Å². The summed E-state index contributed by atoms with van der Waals surface area (Å²) in [6.45, 7) is 0. The fourth-order valence-corrected chi connectivity index (χ4v) is 2.33. The molecule has 2 N–H and O–H groups in total. The van der Waals surface area contributed by atoms with Crippen LogP contribution in [0.5, 0.6) is 0 Å². The number of aromatic nitrogens is 2. The fourth-order valence-electron chi connectivity index (χ4n) is 1.76. The van der Waals surface area contributed by atoms with Gasteiger partial charge >= 0.3 is 5.97 Å². The number of hydrogen-bond acceptors (Lipinski definition) is 6. The van der Waals surface area contributed by atoms with E-state index in [2.05, 4.69) is 15.9 Å². The molecule has 0 saturated carbocycles. The van der Waals surface area contributed by atoms with E-state index in [1.165, 1.54) is 29.8 Å². The van der Waals surface area contributed by atoms with Crippen LogP contribution in [-0.2, 0) is 4.74 Å². The fraction of sp³-hybridized carbons (Fsp3) is 0.154. The second-order valence-corrected chi connectivity index (χ2v) is 4.68. The molecule has 2 aromatic rings. The monoisotopic (exact) mass is 288 g/mol. The molecule has 6 nitrogen and oxygen atoms in total. The maximum absolute atomic E-state index is 11.5. The first kappa shape index (κ1) is 14.0. The zero-order chi connectivity index (χ0) is 14.7. The Hall–Kier alpha value is -2.46. The van der Waals surface area contributed by atoms with Crippen molar-refractivity contribution in [2.45, 2.75) is 4.90 Å². The summed E-state index contributed by atoms with van der Waals surface area (Å²) in [6.07, 6.45) is 3.38. The molecule has 0 bridgehead atoms. The molecule has 20 heavy (non-hydrogen) atoms. The smallest absolute Gasteiger partial charge is 0.360 e. The molecular formula is C13H12N4O2S. The van der Waals surface area contributed by atoms with E-state index in [0.717, 1.165) is 4.90 Å². The minimum atomic E-state index is -0.610. The van der Waals surface area contributed by atoms with Gasteiger partial charge in [0.25, 0.3) is 0 Å². The summed E-state index contributed by atoms with van der Waals surface area (Å²) in [6, 6.07) is 7.55. The molecule has 0 spiro atoms. The van der Waals surface area contributed by atoms with Crippen LogP contribution in [0.2, 0.25) is 0 Å². The van der Waals surface area contributed by atoms with Crippen molar-refractivity contribution in [3.63, 3.8) is 0 Å². The molecule has 2 rings (SSSR count). The minimum Gasteiger partial charge on any atom is -0.464 e. The van der Waals surface area contributed by atoms with Crippen LogP contribution in [0.3, 0.4) is 0 Å². The number of nitrogens with zero attached hydrogens (tertiary/aromatic N) is 3. The topological polar surface area (TPSA) is 93.9 Å². The van der Waals surface area contributed by atoms with Gasteiger partial charge in [-0.2, -0.15) is 10.4 Å². The predicted octanol–water partition coefficient (Wildman–Crippen LogP) is 1.83. The molecule has 0 aliphatic rings. The van der Waals surface area contributed by atoms with Gasteiger partial charge < -0.3 is 10.5 Å². The average Bonchev–Trinajstić information content (AvgIpc) is 2.87. The maximum atomic E-state index is 11.5. The number of anilines is 1. The van der Waals surface area contributed by atoms with E-state index in [0.29, 0.717) is 11.3 Å². The highest BCUT2D eigenvalue weighted by Crippen LogP contribution is 2.26. The molecule has 0 aliphatic carbocycles. The molecule has 0 unspecified atom stereocenters. The van der Waals surface area contributed by atoms with Gasteiger partial charge in [0.1, 0.15) is 6.07 Å². The van der Waals surface area contributed by atoms with E-state index in [9.17, 15) is 10.1 Å². The summed E-state index contributed by atoms with van der Waals surface area (Å²) in [4.78, 5) is 12.3. The number of hydrogen-bond donors (Lipinski definition) is 1. The Morgan fingerprint density at radius 1 is 1.55 bits per heavy atom. The maximum Gasteiger partial charge on any atom is 0.360 e. The number of benzene rings is 1. The van der Waals surface area contributed by atoms with Gasteiger partial charge in [-0.15, -0.1) is 11.8 Å². The van der Waals surface area contributed by atoms with Gasteiger partial charge in [0.15, 0.2) is 5.69 Å². The van der Waals surface area contributed by atoms with E-state index >= 15 is 0 Å². The van der Waals surface area contributed by atoms with E-state index in [1.54, 1.807) is 6.07 Å². The summed E-state index contributed by atoms with van der Waals surface area (Å²) >= 11 is 1.46. The molecule has 0 saturated heterocycles. The van der Waals surface area contributed by atoms with Crippen molar-refractivity contribution in [1.29, 1.82) is 5.26 Å². The predicted molar refractivity (Wildman–Crippen MR) is 75.8 cm³/mol. The number of carbonyl (C=O) groups excluding carboxylic acids is 1. The standard InChI is InChI=1S/C13H12N4O2S/c1-19-13(18)12-9(15)7-17(16-12)10-4-3-5-11(20-2)8(10)6-14/h3-5,7H,15H2,1-2H3. The first-order valence-corrected chi connectivity index (χ1v) is 6.85. The lowest BCUT2D eigenvalue weighted by molar-refractivity contribution is 0.0594. The molecular weight excluding hydrogens is 276 g/mol. The van der Waals surface area contributed by atoms with Gasteiger partial charge in [-0.05, 0) is 18.4 Å². The first-order chi connectivity index (χ1) is 9.62. The summed E-state index contributed by atoms with van der Waals surface area (Å²) in [5, 5.41) is 13.4. The number of ether oxygens (including phenoxy) is 1. The third kappa shape index (κ3) is 2.33. The Morgan fingerprint density at radius 2 is 2.30 bits per heavy atom. The van der Waals surface area contributed by atoms with Gasteiger partial charge in [0, 0.05) is 4.90 Å². The molecule has 0 amide bonds. The lowest BCUT2D eigenvalue weighted by atomic mass is 10.2. The molecule has 102 valence electrons. The third-order valence-corrected chi connectivity index (χ3v) is 3.48. The summed E-state index contributed by atoms with van der Waals surface area (Å²) < 4.78 is 6.02. The van der Waals surface area contributed by atoms with Crippen molar-refractivity contribution in [2.75, 3.05) is 19.1 Å². The highest BCUT2D eigenvalue weighted by molar-refractivity contribution is 7.98. The average molecular weight is 288 g/mol. The van der Waals surface area contributed by atoms with Crippen molar-refractivity contribution < 1.29 is 9.53 Å². The Labute approximate surface area is 120 Å². The van der Waals surface area contributed by atoms with Crippen LogP contribution in [0.4, 0.5) is 5.69 Å². The third-order valence-electron chi connectivity index (χ3n) is 2.70. The number of methoxy groups -OCH3 is 1. The first-order valence-electron chi connectivity index (χ1n) is 5.63. The van der Waals surface area contributed by atoms with Crippen LogP contribution in [0.25, 0.3) is 5.69 Å². The minimum absolute atomic E-state index is 0.0333. The Kier molecular flexibility index (Phi) is 3.96. The van der Waals surface area contributed by atoms with Crippen molar-refractivity contribution >= 4 is 23.4 Å². The molecule has 1 aromatic heterocycles. The van der Waals surface area contributed by atoms with E-state index in [4.69, 9.17) is 5.73 Å². The zero-order valence-electron chi connectivity index (χ0n) is 11.0. The number of esters is 1. The molecule has 0 radical (unpaired) electrons. The molecule has 7 heteroatoms. The summed E-state index contributed by atoms with van der Waals surface area (Å²) in [5.41, 5.74) is 7.04. The van der Waals surface area contributed by atoms with E-state index in [1.807, 2.05) is 18.4 Å². The van der Waals surface area contributed by atoms with Crippen LogP contribution in [0, 0.1) is 11.3 Å². The van der Waals surface area contributed by atoms with Gasteiger partial charge in [-0.25, -0.2) is 9.48 Å². The summed E-state index contributed by atoms with van der Waals surface area (Å²) in [5.74, 6) is -0.610. The van der Waals surface area contributed by atoms with Gasteiger partial charge in [0.2, 0.25) is 0 Å². The number of rotatable bonds is 3. The molecule has 1 heterocycles. The molecule has 0 atom stereocenters. The Bertz CT molecular complexity index is 703. The van der Waals surface area contributed by atoms with E-state index < -0.39 is 5.97 Å². The number of carbonyl (C=O) groups is 1. The highest BCUT2D eigenvalue weighted by atomic mass is 32.2. The summed E-state index contributed by atoms with van der Waals surface area (Å²) in [7, 11) is 1.26. The number of nitriles is 1. The van der Waals surface area contributed by atoms with Crippen molar-refractivity contribution in [3.05, 3.63) is 35.7 Å². The van der Waals surface area contributed by atoms with Crippen LogP contribution < -0.4 is 5.73 Å². The van der Waals surface area contributed by atoms with Gasteiger partial charge in [0.05, 0.1) is 30.2 Å². The van der Waals surface area contributed by atoms with E-state index in [-0.39, 0.29) is 11.4 Å². The number of nitrogen functional groups attached to an aromatic ring is 1. The Balaban J connectivity index is 2.59. The normalized spacial score (nSPS) is 10.1. The zero-order valence-corrected chi connectivity index (χ0v) is 11.8. The van der Waals surface area contributed by atoms with Crippen molar-refractivity contribution in [2.24, 2.45) is 0 Å². The Morgan fingerprint density at radius 3 is 2.90 bits per heavy atom. The van der Waals surface area contributed by atoms with Gasteiger partial charge in [-0.1, -0.05) is 6.07 Å². The molecule has 0 fully saturated rings. The van der Waals surface area contributed by atoms with Crippen LogP contribution in [-0.4, -0.2) is 29.1 Å². The van der Waals surface area contributed by atoms with Crippen LogP contribution in [0.15, 0.2) is 29.3 Å². The van der Waals surface area contributed by atoms with Crippen LogP contribution in [0.1, 0.15) is 16.1 Å². The second-order valence-electron chi connectivity index (χ2n) is 3.84. The van der Waals surface area contributed by atoms with Gasteiger partial charge in [-0.3, -0.25) is 0 Å². The largest absolute Gasteiger partial charge is 0.464 e. The lowest BCUT2D eigenvalue weighted by Crippen LogP contribution is -2.06. The van der Waals surface area contributed by atoms with Crippen molar-refractivity contribution in [1.82, 2.24) is 9.78 Å². The number of thioether (sulfide) groups is 1. The second kappa shape index (κ2) is 5.67. The SMILES string of the molecule is COC(=O)c1nn(-c2cccc(SC)c2C#N)cc1N. The molecule has 1 aromatic carbocycles.